The SMILES string of the molecule is CCCn1c(C2(CN)CCC2)nc2cnccc21. The van der Waals surface area contributed by atoms with Gasteiger partial charge in [-0.2, -0.15) is 0 Å². The second-order valence-electron chi connectivity index (χ2n) is 5.29. The standard InChI is InChI=1S/C14H20N4/c1-2-8-18-12-4-7-16-9-11(12)17-13(18)14(10-15)5-3-6-14/h4,7,9H,2-3,5-6,8,10,15H2,1H3. The van der Waals surface area contributed by atoms with E-state index in [1.165, 1.54) is 30.6 Å². The maximum atomic E-state index is 6.02. The maximum absolute atomic E-state index is 6.02. The summed E-state index contributed by atoms with van der Waals surface area (Å²) in [6.45, 7) is 3.91. The molecule has 0 aliphatic heterocycles. The van der Waals surface area contributed by atoms with Crippen LogP contribution in [0.1, 0.15) is 38.4 Å². The Morgan fingerprint density at radius 3 is 2.89 bits per heavy atom. The zero-order chi connectivity index (χ0) is 12.6. The molecule has 0 bridgehead atoms. The van der Waals surface area contributed by atoms with Crippen molar-refractivity contribution in [1.82, 2.24) is 14.5 Å². The van der Waals surface area contributed by atoms with Crippen LogP contribution in [0, 0.1) is 0 Å². The van der Waals surface area contributed by atoms with Gasteiger partial charge in [0.25, 0.3) is 0 Å². The fourth-order valence-electron chi connectivity index (χ4n) is 2.96. The third-order valence-corrected chi connectivity index (χ3v) is 4.17. The number of hydrogen-bond donors (Lipinski definition) is 1. The summed E-state index contributed by atoms with van der Waals surface area (Å²) in [6, 6.07) is 2.06. The number of fused-ring (bicyclic) bond motifs is 1. The topological polar surface area (TPSA) is 56.7 Å². The zero-order valence-electron chi connectivity index (χ0n) is 10.9. The molecule has 4 nitrogen and oxygen atoms in total. The van der Waals surface area contributed by atoms with Gasteiger partial charge in [0.15, 0.2) is 0 Å². The molecule has 0 spiro atoms. The average Bonchev–Trinajstić information content (AvgIpc) is 2.69. The molecule has 4 heteroatoms. The summed E-state index contributed by atoms with van der Waals surface area (Å²) in [5.41, 5.74) is 8.33. The monoisotopic (exact) mass is 244 g/mol. The number of pyridine rings is 1. The summed E-state index contributed by atoms with van der Waals surface area (Å²) in [6.07, 6.45) is 8.42. The lowest BCUT2D eigenvalue weighted by atomic mass is 9.68. The molecule has 0 atom stereocenters. The lowest BCUT2D eigenvalue weighted by Crippen LogP contribution is -2.43. The van der Waals surface area contributed by atoms with Crippen molar-refractivity contribution in [2.75, 3.05) is 6.54 Å². The molecule has 2 aromatic rings. The first-order valence-corrected chi connectivity index (χ1v) is 6.81. The predicted octanol–water partition coefficient (Wildman–Crippen LogP) is 2.22. The highest BCUT2D eigenvalue weighted by molar-refractivity contribution is 5.75. The van der Waals surface area contributed by atoms with Gasteiger partial charge in [-0.3, -0.25) is 4.98 Å². The van der Waals surface area contributed by atoms with E-state index in [0.717, 1.165) is 18.5 Å². The van der Waals surface area contributed by atoms with Crippen molar-refractivity contribution in [1.29, 1.82) is 0 Å². The molecule has 2 aromatic heterocycles. The Hall–Kier alpha value is -1.42. The van der Waals surface area contributed by atoms with Crippen LogP contribution in [0.5, 0.6) is 0 Å². The molecule has 18 heavy (non-hydrogen) atoms. The summed E-state index contributed by atoms with van der Waals surface area (Å²) < 4.78 is 2.35. The Kier molecular flexibility index (Phi) is 2.82. The highest BCUT2D eigenvalue weighted by atomic mass is 15.1. The van der Waals surface area contributed by atoms with Gasteiger partial charge in [-0.25, -0.2) is 4.98 Å². The van der Waals surface area contributed by atoms with E-state index >= 15 is 0 Å². The Labute approximate surface area is 107 Å². The lowest BCUT2D eigenvalue weighted by molar-refractivity contribution is 0.231. The number of nitrogens with zero attached hydrogens (tertiary/aromatic N) is 3. The predicted molar refractivity (Wildman–Crippen MR) is 72.4 cm³/mol. The molecule has 0 radical (unpaired) electrons. The fourth-order valence-corrected chi connectivity index (χ4v) is 2.96. The van der Waals surface area contributed by atoms with Crippen LogP contribution in [-0.4, -0.2) is 21.1 Å². The number of imidazole rings is 1. The van der Waals surface area contributed by atoms with E-state index in [0.29, 0.717) is 6.54 Å². The van der Waals surface area contributed by atoms with Crippen molar-refractivity contribution in [3.63, 3.8) is 0 Å². The van der Waals surface area contributed by atoms with Crippen molar-refractivity contribution in [3.8, 4) is 0 Å². The van der Waals surface area contributed by atoms with Gasteiger partial charge in [0.05, 0.1) is 11.7 Å². The van der Waals surface area contributed by atoms with E-state index in [2.05, 4.69) is 22.5 Å². The molecule has 1 aliphatic rings. The van der Waals surface area contributed by atoms with Crippen LogP contribution in [0.3, 0.4) is 0 Å². The first-order valence-electron chi connectivity index (χ1n) is 6.81. The molecule has 0 unspecified atom stereocenters. The molecule has 0 saturated heterocycles. The molecule has 2 N–H and O–H groups in total. The van der Waals surface area contributed by atoms with Gasteiger partial charge in [0, 0.05) is 24.7 Å². The first-order chi connectivity index (χ1) is 8.80. The average molecular weight is 244 g/mol. The first kappa shape index (κ1) is 11.7. The van der Waals surface area contributed by atoms with E-state index in [4.69, 9.17) is 10.7 Å². The van der Waals surface area contributed by atoms with Gasteiger partial charge < -0.3 is 10.3 Å². The minimum Gasteiger partial charge on any atom is -0.329 e. The lowest BCUT2D eigenvalue weighted by Gasteiger charge is -2.40. The number of rotatable bonds is 4. The van der Waals surface area contributed by atoms with Crippen LogP contribution in [0.25, 0.3) is 11.0 Å². The Morgan fingerprint density at radius 1 is 1.44 bits per heavy atom. The van der Waals surface area contributed by atoms with Gasteiger partial charge in [0.2, 0.25) is 0 Å². The smallest absolute Gasteiger partial charge is 0.117 e. The summed E-state index contributed by atoms with van der Waals surface area (Å²) in [7, 11) is 0. The van der Waals surface area contributed by atoms with Crippen molar-refractivity contribution in [2.24, 2.45) is 5.73 Å². The molecule has 0 amide bonds. The molecule has 1 aliphatic carbocycles. The number of hydrogen-bond acceptors (Lipinski definition) is 3. The molecular weight excluding hydrogens is 224 g/mol. The molecule has 1 fully saturated rings. The van der Waals surface area contributed by atoms with Crippen LogP contribution in [0.15, 0.2) is 18.5 Å². The van der Waals surface area contributed by atoms with Crippen molar-refractivity contribution >= 4 is 11.0 Å². The van der Waals surface area contributed by atoms with E-state index in [-0.39, 0.29) is 5.41 Å². The quantitative estimate of drug-likeness (QED) is 0.897. The van der Waals surface area contributed by atoms with E-state index in [9.17, 15) is 0 Å². The largest absolute Gasteiger partial charge is 0.329 e. The van der Waals surface area contributed by atoms with E-state index < -0.39 is 0 Å². The van der Waals surface area contributed by atoms with Crippen molar-refractivity contribution < 1.29 is 0 Å². The normalized spacial score (nSPS) is 17.9. The fraction of sp³-hybridized carbons (Fsp3) is 0.571. The van der Waals surface area contributed by atoms with Crippen molar-refractivity contribution in [3.05, 3.63) is 24.3 Å². The van der Waals surface area contributed by atoms with Crippen LogP contribution >= 0.6 is 0 Å². The van der Waals surface area contributed by atoms with E-state index in [1.807, 2.05) is 12.4 Å². The third kappa shape index (κ3) is 1.56. The summed E-state index contributed by atoms with van der Waals surface area (Å²) in [5.74, 6) is 1.18. The summed E-state index contributed by atoms with van der Waals surface area (Å²) >= 11 is 0. The zero-order valence-corrected chi connectivity index (χ0v) is 10.9. The molecule has 96 valence electrons. The van der Waals surface area contributed by atoms with Gasteiger partial charge in [-0.1, -0.05) is 13.3 Å². The highest BCUT2D eigenvalue weighted by Crippen LogP contribution is 2.43. The maximum Gasteiger partial charge on any atom is 0.117 e. The Morgan fingerprint density at radius 2 is 2.28 bits per heavy atom. The van der Waals surface area contributed by atoms with Gasteiger partial charge in [-0.15, -0.1) is 0 Å². The minimum absolute atomic E-state index is 0.119. The molecule has 2 heterocycles. The molecule has 3 rings (SSSR count). The number of aromatic nitrogens is 3. The van der Waals surface area contributed by atoms with Crippen LogP contribution < -0.4 is 5.73 Å². The number of nitrogens with two attached hydrogens (primary N) is 1. The molecule has 0 aromatic carbocycles. The van der Waals surface area contributed by atoms with E-state index in [1.54, 1.807) is 0 Å². The molecule has 1 saturated carbocycles. The molecular formula is C14H20N4. The second kappa shape index (κ2) is 4.35. The summed E-state index contributed by atoms with van der Waals surface area (Å²) in [5, 5.41) is 0. The van der Waals surface area contributed by atoms with Gasteiger partial charge >= 0.3 is 0 Å². The highest BCUT2D eigenvalue weighted by Gasteiger charge is 2.41. The third-order valence-electron chi connectivity index (χ3n) is 4.17. The van der Waals surface area contributed by atoms with Gasteiger partial charge in [0.1, 0.15) is 11.3 Å². The second-order valence-corrected chi connectivity index (χ2v) is 5.29. The van der Waals surface area contributed by atoms with Gasteiger partial charge in [-0.05, 0) is 25.3 Å². The van der Waals surface area contributed by atoms with Crippen molar-refractivity contribution in [2.45, 2.75) is 44.6 Å². The van der Waals surface area contributed by atoms with Crippen LogP contribution in [-0.2, 0) is 12.0 Å². The number of aryl methyl sites for hydroxylation is 1. The van der Waals surface area contributed by atoms with Crippen LogP contribution in [0.4, 0.5) is 0 Å². The van der Waals surface area contributed by atoms with Crippen LogP contribution in [0.2, 0.25) is 0 Å². The Balaban J connectivity index is 2.18. The summed E-state index contributed by atoms with van der Waals surface area (Å²) in [4.78, 5) is 8.99. The minimum atomic E-state index is 0.119. The Bertz CT molecular complexity index is 548.